The number of hydrogen-bond acceptors (Lipinski definition) is 6. The molecule has 0 saturated carbocycles. The zero-order chi connectivity index (χ0) is 17.6. The third-order valence-electron chi connectivity index (χ3n) is 3.76. The van der Waals surface area contributed by atoms with Crippen LogP contribution in [0.5, 0.6) is 5.75 Å². The highest BCUT2D eigenvalue weighted by Crippen LogP contribution is 2.30. The Balaban J connectivity index is 1.59. The summed E-state index contributed by atoms with van der Waals surface area (Å²) in [4.78, 5) is 11.4. The summed E-state index contributed by atoms with van der Waals surface area (Å²) < 4.78 is 16.9. The standard InChI is InChI=1S/C18H20FN3OS2/c1-12-10-15-16(21-18(24-2)22-17(15)25-12)20-9-3-4-13-5-7-14(8-6-13)23-11-19/h5-8,10H,3-4,9,11H2,1-2H3,(H,20,21,22). The van der Waals surface area contributed by atoms with Gasteiger partial charge in [-0.3, -0.25) is 0 Å². The molecule has 2 aromatic heterocycles. The molecule has 4 nitrogen and oxygen atoms in total. The minimum absolute atomic E-state index is 0.560. The first-order valence-electron chi connectivity index (χ1n) is 8.03. The Morgan fingerprint density at radius 2 is 2.04 bits per heavy atom. The molecule has 0 amide bonds. The molecule has 1 N–H and O–H groups in total. The largest absolute Gasteiger partial charge is 0.463 e. The van der Waals surface area contributed by atoms with Crippen molar-refractivity contribution in [1.29, 1.82) is 0 Å². The number of hydrogen-bond donors (Lipinski definition) is 1. The summed E-state index contributed by atoms with van der Waals surface area (Å²) >= 11 is 3.25. The molecule has 132 valence electrons. The molecular weight excluding hydrogens is 357 g/mol. The normalized spacial score (nSPS) is 11.0. The van der Waals surface area contributed by atoms with Gasteiger partial charge in [-0.15, -0.1) is 11.3 Å². The number of benzene rings is 1. The molecule has 3 aromatic rings. The fourth-order valence-electron chi connectivity index (χ4n) is 2.56. The van der Waals surface area contributed by atoms with Crippen molar-refractivity contribution in [2.24, 2.45) is 0 Å². The Hall–Kier alpha value is -1.86. The minimum Gasteiger partial charge on any atom is -0.463 e. The van der Waals surface area contributed by atoms with Crippen LogP contribution in [0, 0.1) is 6.92 Å². The van der Waals surface area contributed by atoms with Crippen molar-refractivity contribution in [3.05, 3.63) is 40.8 Å². The monoisotopic (exact) mass is 377 g/mol. The van der Waals surface area contributed by atoms with Gasteiger partial charge >= 0.3 is 0 Å². The SMILES string of the molecule is CSc1nc(NCCCc2ccc(OCF)cc2)c2cc(C)sc2n1. The number of aromatic nitrogens is 2. The van der Waals surface area contributed by atoms with Crippen LogP contribution < -0.4 is 10.1 Å². The van der Waals surface area contributed by atoms with Crippen molar-refractivity contribution in [3.8, 4) is 5.75 Å². The van der Waals surface area contributed by atoms with Gasteiger partial charge in [0.15, 0.2) is 5.16 Å². The molecule has 7 heteroatoms. The molecule has 0 saturated heterocycles. The van der Waals surface area contributed by atoms with E-state index in [2.05, 4.69) is 28.3 Å². The quantitative estimate of drug-likeness (QED) is 0.337. The first kappa shape index (κ1) is 17.9. The van der Waals surface area contributed by atoms with Crippen molar-refractivity contribution in [1.82, 2.24) is 9.97 Å². The predicted molar refractivity (Wildman–Crippen MR) is 104 cm³/mol. The number of nitrogens with zero attached hydrogens (tertiary/aromatic N) is 2. The smallest absolute Gasteiger partial charge is 0.228 e. The molecule has 3 rings (SSSR count). The van der Waals surface area contributed by atoms with Crippen LogP contribution in [0.15, 0.2) is 35.5 Å². The second-order valence-corrected chi connectivity index (χ2v) is 7.57. The summed E-state index contributed by atoms with van der Waals surface area (Å²) in [6, 6.07) is 9.68. The zero-order valence-electron chi connectivity index (χ0n) is 14.2. The van der Waals surface area contributed by atoms with E-state index in [4.69, 9.17) is 4.74 Å². The number of aryl methyl sites for hydroxylation is 2. The molecule has 25 heavy (non-hydrogen) atoms. The van der Waals surface area contributed by atoms with E-state index in [1.807, 2.05) is 18.4 Å². The van der Waals surface area contributed by atoms with Crippen LogP contribution >= 0.6 is 23.1 Å². The average Bonchev–Trinajstić information content (AvgIpc) is 3.00. The van der Waals surface area contributed by atoms with Crippen LogP contribution in [0.25, 0.3) is 10.2 Å². The van der Waals surface area contributed by atoms with Crippen LogP contribution in [0.4, 0.5) is 10.2 Å². The van der Waals surface area contributed by atoms with Crippen molar-refractivity contribution in [3.63, 3.8) is 0 Å². The highest BCUT2D eigenvalue weighted by molar-refractivity contribution is 7.98. The molecule has 0 aliphatic rings. The second kappa shape index (κ2) is 8.49. The molecule has 0 aliphatic carbocycles. The number of ether oxygens (including phenoxy) is 1. The van der Waals surface area contributed by atoms with Crippen LogP contribution in [0.3, 0.4) is 0 Å². The van der Waals surface area contributed by atoms with Gasteiger partial charge in [-0.05, 0) is 49.8 Å². The molecule has 0 radical (unpaired) electrons. The van der Waals surface area contributed by atoms with Gasteiger partial charge in [0.25, 0.3) is 0 Å². The molecule has 0 spiro atoms. The van der Waals surface area contributed by atoms with Crippen molar-refractivity contribution < 1.29 is 9.13 Å². The van der Waals surface area contributed by atoms with E-state index in [0.717, 1.165) is 40.6 Å². The lowest BCUT2D eigenvalue weighted by Gasteiger charge is -2.08. The molecule has 0 aliphatic heterocycles. The van der Waals surface area contributed by atoms with Crippen LogP contribution in [-0.2, 0) is 6.42 Å². The topological polar surface area (TPSA) is 47.0 Å². The maximum Gasteiger partial charge on any atom is 0.228 e. The fourth-order valence-corrected chi connectivity index (χ4v) is 3.87. The van der Waals surface area contributed by atoms with Crippen molar-refractivity contribution in [2.75, 3.05) is 25.0 Å². The van der Waals surface area contributed by atoms with E-state index in [1.54, 1.807) is 35.2 Å². The summed E-state index contributed by atoms with van der Waals surface area (Å²) in [6.07, 6.45) is 3.91. The first-order chi connectivity index (χ1) is 12.2. The van der Waals surface area contributed by atoms with E-state index in [0.29, 0.717) is 5.75 Å². The lowest BCUT2D eigenvalue weighted by Crippen LogP contribution is -2.06. The number of anilines is 1. The Labute approximate surface area is 154 Å². The number of alkyl halides is 1. The summed E-state index contributed by atoms with van der Waals surface area (Å²) in [5.74, 6) is 1.47. The summed E-state index contributed by atoms with van der Waals surface area (Å²) in [7, 11) is 0. The number of nitrogens with one attached hydrogen (secondary N) is 1. The first-order valence-corrected chi connectivity index (χ1v) is 10.1. The van der Waals surface area contributed by atoms with E-state index in [-0.39, 0.29) is 0 Å². The molecule has 0 fully saturated rings. The third kappa shape index (κ3) is 4.61. The second-order valence-electron chi connectivity index (χ2n) is 5.56. The van der Waals surface area contributed by atoms with Gasteiger partial charge in [-0.1, -0.05) is 23.9 Å². The molecule has 0 atom stereocenters. The zero-order valence-corrected chi connectivity index (χ0v) is 15.8. The number of fused-ring (bicyclic) bond motifs is 1. The highest BCUT2D eigenvalue weighted by atomic mass is 32.2. The average molecular weight is 378 g/mol. The molecule has 2 heterocycles. The summed E-state index contributed by atoms with van der Waals surface area (Å²) in [5.41, 5.74) is 1.21. The number of halogens is 1. The van der Waals surface area contributed by atoms with Gasteiger partial charge in [0.2, 0.25) is 6.86 Å². The van der Waals surface area contributed by atoms with E-state index >= 15 is 0 Å². The number of thiophene rings is 1. The lowest BCUT2D eigenvalue weighted by molar-refractivity contribution is 0.191. The number of thioether (sulfide) groups is 1. The summed E-state index contributed by atoms with van der Waals surface area (Å²) in [6.45, 7) is 2.12. The minimum atomic E-state index is -0.795. The predicted octanol–water partition coefficient (Wildman–Crippen LogP) is 5.07. The van der Waals surface area contributed by atoms with E-state index in [9.17, 15) is 4.39 Å². The van der Waals surface area contributed by atoms with Gasteiger partial charge in [0, 0.05) is 11.4 Å². The third-order valence-corrected chi connectivity index (χ3v) is 5.25. The Kier molecular flexibility index (Phi) is 6.09. The maximum absolute atomic E-state index is 12.1. The van der Waals surface area contributed by atoms with Crippen LogP contribution in [-0.4, -0.2) is 29.6 Å². The van der Waals surface area contributed by atoms with E-state index < -0.39 is 6.86 Å². The Morgan fingerprint density at radius 1 is 1.24 bits per heavy atom. The fraction of sp³-hybridized carbons (Fsp3) is 0.333. The summed E-state index contributed by atoms with van der Waals surface area (Å²) in [5, 5.41) is 5.33. The van der Waals surface area contributed by atoms with E-state index in [1.165, 1.54) is 10.4 Å². The maximum atomic E-state index is 12.1. The van der Waals surface area contributed by atoms with Gasteiger partial charge in [0.1, 0.15) is 16.4 Å². The molecule has 0 unspecified atom stereocenters. The molecule has 0 bridgehead atoms. The van der Waals surface area contributed by atoms with Crippen LogP contribution in [0.2, 0.25) is 0 Å². The van der Waals surface area contributed by atoms with Crippen LogP contribution in [0.1, 0.15) is 16.9 Å². The van der Waals surface area contributed by atoms with Gasteiger partial charge < -0.3 is 10.1 Å². The van der Waals surface area contributed by atoms with Crippen molar-refractivity contribution >= 4 is 39.1 Å². The highest BCUT2D eigenvalue weighted by Gasteiger charge is 2.10. The Morgan fingerprint density at radius 3 is 2.76 bits per heavy atom. The number of rotatable bonds is 8. The molecular formula is C18H20FN3OS2. The Bertz CT molecular complexity index is 836. The van der Waals surface area contributed by atoms with Crippen molar-refractivity contribution in [2.45, 2.75) is 24.9 Å². The van der Waals surface area contributed by atoms with Gasteiger partial charge in [0.05, 0.1) is 5.39 Å². The van der Waals surface area contributed by atoms with Gasteiger partial charge in [-0.2, -0.15) is 0 Å². The lowest BCUT2D eigenvalue weighted by atomic mass is 10.1. The molecule has 1 aromatic carbocycles. The van der Waals surface area contributed by atoms with Gasteiger partial charge in [-0.25, -0.2) is 14.4 Å².